The third-order valence-corrected chi connectivity index (χ3v) is 4.85. The summed E-state index contributed by atoms with van der Waals surface area (Å²) in [6.07, 6.45) is 2.77. The number of nitrogens with zero attached hydrogens (tertiary/aromatic N) is 1. The Labute approximate surface area is 125 Å². The van der Waals surface area contributed by atoms with Crippen molar-refractivity contribution in [2.24, 2.45) is 0 Å². The lowest BCUT2D eigenvalue weighted by Crippen LogP contribution is -2.19. The largest absolute Gasteiger partial charge is 0.496 e. The van der Waals surface area contributed by atoms with E-state index < -0.39 is 0 Å². The zero-order chi connectivity index (χ0) is 14.7. The van der Waals surface area contributed by atoms with E-state index in [4.69, 9.17) is 4.74 Å². The Bertz CT molecular complexity index is 592. The minimum atomic E-state index is 0.300. The lowest BCUT2D eigenvalue weighted by Gasteiger charge is -2.18. The molecular formula is C16H22N2OS. The summed E-state index contributed by atoms with van der Waals surface area (Å²) >= 11 is 1.80. The van der Waals surface area contributed by atoms with E-state index in [1.165, 1.54) is 10.4 Å². The van der Waals surface area contributed by atoms with Crippen LogP contribution in [0.3, 0.4) is 0 Å². The zero-order valence-corrected chi connectivity index (χ0v) is 13.6. The van der Waals surface area contributed by atoms with Gasteiger partial charge < -0.3 is 10.1 Å². The maximum Gasteiger partial charge on any atom is 0.128 e. The molecule has 1 atom stereocenters. The van der Waals surface area contributed by atoms with Gasteiger partial charge in [0.05, 0.1) is 7.11 Å². The molecule has 0 radical (unpaired) electrons. The van der Waals surface area contributed by atoms with Gasteiger partial charge in [0.2, 0.25) is 0 Å². The van der Waals surface area contributed by atoms with Crippen LogP contribution in [0.5, 0.6) is 5.75 Å². The predicted octanol–water partition coefficient (Wildman–Crippen LogP) is 3.58. The maximum absolute atomic E-state index is 5.49. The number of aryl methyl sites for hydroxylation is 2. The Morgan fingerprint density at radius 1 is 1.30 bits per heavy atom. The van der Waals surface area contributed by atoms with Crippen molar-refractivity contribution >= 4 is 11.3 Å². The summed E-state index contributed by atoms with van der Waals surface area (Å²) in [4.78, 5) is 5.98. The molecule has 20 heavy (non-hydrogen) atoms. The van der Waals surface area contributed by atoms with E-state index in [2.05, 4.69) is 35.6 Å². The second-order valence-corrected chi connectivity index (χ2v) is 6.01. The van der Waals surface area contributed by atoms with E-state index in [0.717, 1.165) is 29.0 Å². The van der Waals surface area contributed by atoms with E-state index in [9.17, 15) is 0 Å². The van der Waals surface area contributed by atoms with Crippen molar-refractivity contribution in [2.45, 2.75) is 33.2 Å². The summed E-state index contributed by atoms with van der Waals surface area (Å²) < 4.78 is 5.49. The summed E-state index contributed by atoms with van der Waals surface area (Å²) in [5.41, 5.74) is 4.66. The second-order valence-electron chi connectivity index (χ2n) is 5.06. The first kappa shape index (κ1) is 15.0. The fourth-order valence-electron chi connectivity index (χ4n) is 2.54. The Morgan fingerprint density at radius 2 is 2.05 bits per heavy atom. The molecule has 0 fully saturated rings. The molecule has 0 amide bonds. The topological polar surface area (TPSA) is 34.2 Å². The highest BCUT2D eigenvalue weighted by Crippen LogP contribution is 2.30. The molecule has 108 valence electrons. The fourth-order valence-corrected chi connectivity index (χ4v) is 3.58. The molecule has 3 nitrogen and oxygen atoms in total. The number of nitrogens with one attached hydrogen (secondary N) is 1. The van der Waals surface area contributed by atoms with Crippen molar-refractivity contribution < 1.29 is 4.74 Å². The van der Waals surface area contributed by atoms with E-state index in [1.807, 2.05) is 20.2 Å². The summed E-state index contributed by atoms with van der Waals surface area (Å²) in [5, 5.41) is 5.55. The molecule has 0 saturated carbocycles. The smallest absolute Gasteiger partial charge is 0.128 e. The number of methoxy groups -OCH3 is 1. The highest BCUT2D eigenvalue weighted by molar-refractivity contribution is 7.10. The zero-order valence-electron chi connectivity index (χ0n) is 12.8. The lowest BCUT2D eigenvalue weighted by molar-refractivity contribution is 0.406. The Morgan fingerprint density at radius 3 is 2.60 bits per heavy atom. The van der Waals surface area contributed by atoms with Gasteiger partial charge in [-0.25, -0.2) is 0 Å². The minimum Gasteiger partial charge on any atom is -0.496 e. The molecular weight excluding hydrogens is 268 g/mol. The number of rotatable bonds is 5. The molecule has 0 saturated heterocycles. The molecule has 0 bridgehead atoms. The Balaban J connectivity index is 2.31. The van der Waals surface area contributed by atoms with Gasteiger partial charge in [-0.2, -0.15) is 0 Å². The van der Waals surface area contributed by atoms with Crippen LogP contribution in [0.25, 0.3) is 0 Å². The van der Waals surface area contributed by atoms with E-state index in [1.54, 1.807) is 18.4 Å². The monoisotopic (exact) mass is 290 g/mol. The molecule has 0 aliphatic rings. The molecule has 0 aromatic carbocycles. The van der Waals surface area contributed by atoms with Crippen molar-refractivity contribution in [2.75, 3.05) is 14.2 Å². The highest BCUT2D eigenvalue weighted by Gasteiger charge is 2.17. The second kappa shape index (κ2) is 6.37. The van der Waals surface area contributed by atoms with Gasteiger partial charge in [-0.15, -0.1) is 11.3 Å². The molecule has 2 aromatic heterocycles. The fraction of sp³-hybridized carbons (Fsp3) is 0.438. The van der Waals surface area contributed by atoms with Crippen molar-refractivity contribution in [1.82, 2.24) is 10.3 Å². The average molecular weight is 290 g/mol. The molecule has 4 heteroatoms. The van der Waals surface area contributed by atoms with Gasteiger partial charge in [0.25, 0.3) is 0 Å². The Hall–Kier alpha value is -1.39. The number of hydrogen-bond donors (Lipinski definition) is 1. The Kier molecular flexibility index (Phi) is 4.78. The standard InChI is InChI=1S/C16H22N2OS/c1-10-6-7-20-16(10)14(17-4)8-13-12(3)15(19-5)11(2)9-18-13/h6-7,9,14,17H,8H2,1-5H3. The van der Waals surface area contributed by atoms with Crippen molar-refractivity contribution in [3.8, 4) is 5.75 Å². The number of aromatic nitrogens is 1. The van der Waals surface area contributed by atoms with Crippen LogP contribution in [0.1, 0.15) is 33.3 Å². The summed E-state index contributed by atoms with van der Waals surface area (Å²) in [7, 11) is 3.72. The van der Waals surface area contributed by atoms with Crippen LogP contribution in [-0.2, 0) is 6.42 Å². The van der Waals surface area contributed by atoms with Crippen LogP contribution < -0.4 is 10.1 Å². The van der Waals surface area contributed by atoms with Gasteiger partial charge in [-0.3, -0.25) is 4.98 Å². The van der Waals surface area contributed by atoms with E-state index in [0.29, 0.717) is 6.04 Å². The molecule has 2 heterocycles. The number of hydrogen-bond acceptors (Lipinski definition) is 4. The third-order valence-electron chi connectivity index (χ3n) is 3.71. The van der Waals surface area contributed by atoms with Crippen LogP contribution in [0.15, 0.2) is 17.6 Å². The molecule has 1 unspecified atom stereocenters. The number of pyridine rings is 1. The van der Waals surface area contributed by atoms with Gasteiger partial charge in [-0.05, 0) is 44.8 Å². The number of thiophene rings is 1. The molecule has 2 rings (SSSR count). The molecule has 0 aliphatic heterocycles. The summed E-state index contributed by atoms with van der Waals surface area (Å²) in [6, 6.07) is 2.47. The van der Waals surface area contributed by atoms with Crippen LogP contribution in [0.2, 0.25) is 0 Å². The number of likely N-dealkylation sites (N-methyl/N-ethyl adjacent to an activating group) is 1. The normalized spacial score (nSPS) is 12.4. The van der Waals surface area contributed by atoms with Gasteiger partial charge in [0.1, 0.15) is 5.75 Å². The number of ether oxygens (including phenoxy) is 1. The van der Waals surface area contributed by atoms with Gasteiger partial charge in [-0.1, -0.05) is 0 Å². The molecule has 1 N–H and O–H groups in total. The molecule has 0 aliphatic carbocycles. The first-order valence-corrected chi connectivity index (χ1v) is 7.66. The van der Waals surface area contributed by atoms with Gasteiger partial charge in [0.15, 0.2) is 0 Å². The highest BCUT2D eigenvalue weighted by atomic mass is 32.1. The first-order valence-electron chi connectivity index (χ1n) is 6.78. The molecule has 0 spiro atoms. The first-order chi connectivity index (χ1) is 9.58. The van der Waals surface area contributed by atoms with E-state index >= 15 is 0 Å². The lowest BCUT2D eigenvalue weighted by atomic mass is 10.0. The van der Waals surface area contributed by atoms with Crippen LogP contribution in [-0.4, -0.2) is 19.1 Å². The van der Waals surface area contributed by atoms with Crippen LogP contribution in [0, 0.1) is 20.8 Å². The molecule has 2 aromatic rings. The van der Waals surface area contributed by atoms with Crippen molar-refractivity contribution in [3.05, 3.63) is 44.9 Å². The van der Waals surface area contributed by atoms with E-state index in [-0.39, 0.29) is 0 Å². The van der Waals surface area contributed by atoms with Crippen LogP contribution in [0.4, 0.5) is 0 Å². The van der Waals surface area contributed by atoms with Gasteiger partial charge in [0, 0.05) is 40.4 Å². The predicted molar refractivity (Wildman–Crippen MR) is 84.8 cm³/mol. The average Bonchev–Trinajstić information content (AvgIpc) is 2.85. The summed E-state index contributed by atoms with van der Waals surface area (Å²) in [6.45, 7) is 6.27. The van der Waals surface area contributed by atoms with Crippen LogP contribution >= 0.6 is 11.3 Å². The quantitative estimate of drug-likeness (QED) is 0.914. The van der Waals surface area contributed by atoms with Crippen molar-refractivity contribution in [3.63, 3.8) is 0 Å². The minimum absolute atomic E-state index is 0.300. The third kappa shape index (κ3) is 2.86. The van der Waals surface area contributed by atoms with Gasteiger partial charge >= 0.3 is 0 Å². The SMILES string of the molecule is CNC(Cc1ncc(C)c(OC)c1C)c1sccc1C. The summed E-state index contributed by atoms with van der Waals surface area (Å²) in [5.74, 6) is 0.952. The maximum atomic E-state index is 5.49. The van der Waals surface area contributed by atoms with Crippen molar-refractivity contribution in [1.29, 1.82) is 0 Å².